The van der Waals surface area contributed by atoms with Gasteiger partial charge in [0.15, 0.2) is 0 Å². The highest BCUT2D eigenvalue weighted by Crippen LogP contribution is 2.15. The van der Waals surface area contributed by atoms with E-state index in [9.17, 15) is 9.59 Å². The van der Waals surface area contributed by atoms with E-state index < -0.39 is 17.3 Å². The highest BCUT2D eigenvalue weighted by atomic mass is 35.5. The molecule has 0 aliphatic carbocycles. The van der Waals surface area contributed by atoms with Crippen LogP contribution < -0.4 is 5.32 Å². The quantitative estimate of drug-likeness (QED) is 0.740. The molecule has 1 heterocycles. The maximum absolute atomic E-state index is 11.7. The molecule has 1 rings (SSSR count). The summed E-state index contributed by atoms with van der Waals surface area (Å²) in [6.45, 7) is 2.29. The Balaban J connectivity index is 2.52. The number of amides is 3. The number of carbonyl (C=O) groups is 2. The van der Waals surface area contributed by atoms with Crippen molar-refractivity contribution >= 4 is 23.5 Å². The van der Waals surface area contributed by atoms with Gasteiger partial charge in [-0.15, -0.1) is 11.6 Å². The molecule has 17 heavy (non-hydrogen) atoms. The normalized spacial score (nSPS) is 25.8. The van der Waals surface area contributed by atoms with Crippen molar-refractivity contribution in [3.63, 3.8) is 0 Å². The second-order valence-electron chi connectivity index (χ2n) is 3.86. The lowest BCUT2D eigenvalue weighted by Crippen LogP contribution is -2.44. The Bertz CT molecular complexity index is 286. The van der Waals surface area contributed by atoms with Gasteiger partial charge in [-0.1, -0.05) is 0 Å². The third-order valence-electron chi connectivity index (χ3n) is 2.70. The fraction of sp³-hybridized carbons (Fsp3) is 0.800. The van der Waals surface area contributed by atoms with Crippen LogP contribution in [0.5, 0.6) is 0 Å². The molecule has 0 radical (unpaired) electrons. The first-order chi connectivity index (χ1) is 7.99. The number of halogens is 1. The average molecular weight is 265 g/mol. The lowest BCUT2D eigenvalue weighted by molar-refractivity contribution is -0.119. The molecule has 0 aromatic heterocycles. The van der Waals surface area contributed by atoms with E-state index in [4.69, 9.17) is 21.1 Å². The number of urea groups is 1. The SMILES string of the molecule is COC1CN(C(=O)NC(=O)C(C)Cl)CC1OC. The van der Waals surface area contributed by atoms with Crippen LogP contribution in [-0.2, 0) is 14.3 Å². The van der Waals surface area contributed by atoms with Crippen LogP contribution in [0.3, 0.4) is 0 Å². The van der Waals surface area contributed by atoms with Gasteiger partial charge >= 0.3 is 6.03 Å². The van der Waals surface area contributed by atoms with E-state index in [1.54, 1.807) is 14.2 Å². The van der Waals surface area contributed by atoms with Crippen LogP contribution in [0.15, 0.2) is 0 Å². The molecule has 1 fully saturated rings. The van der Waals surface area contributed by atoms with Crippen LogP contribution in [-0.4, -0.2) is 61.7 Å². The summed E-state index contributed by atoms with van der Waals surface area (Å²) in [7, 11) is 3.12. The van der Waals surface area contributed by atoms with Crippen molar-refractivity contribution in [2.45, 2.75) is 24.5 Å². The smallest absolute Gasteiger partial charge is 0.324 e. The summed E-state index contributed by atoms with van der Waals surface area (Å²) >= 11 is 5.56. The summed E-state index contributed by atoms with van der Waals surface area (Å²) in [5.74, 6) is -0.508. The number of rotatable bonds is 3. The summed E-state index contributed by atoms with van der Waals surface area (Å²) in [5, 5.41) is 1.48. The molecule has 98 valence electrons. The van der Waals surface area contributed by atoms with Gasteiger partial charge in [0.1, 0.15) is 17.6 Å². The van der Waals surface area contributed by atoms with E-state index in [1.165, 1.54) is 11.8 Å². The van der Waals surface area contributed by atoms with Crippen LogP contribution in [0.4, 0.5) is 4.79 Å². The zero-order valence-corrected chi connectivity index (χ0v) is 10.9. The summed E-state index contributed by atoms with van der Waals surface area (Å²) in [6, 6.07) is -0.468. The molecular formula is C10H17ClN2O4. The van der Waals surface area contributed by atoms with Crippen LogP contribution >= 0.6 is 11.6 Å². The maximum atomic E-state index is 11.7. The molecule has 0 spiro atoms. The van der Waals surface area contributed by atoms with E-state index in [2.05, 4.69) is 5.32 Å². The molecule has 0 saturated carbocycles. The largest absolute Gasteiger partial charge is 0.377 e. The lowest BCUT2D eigenvalue weighted by Gasteiger charge is -2.16. The molecule has 1 aliphatic heterocycles. The van der Waals surface area contributed by atoms with Gasteiger partial charge in [-0.25, -0.2) is 4.79 Å². The number of ether oxygens (including phenoxy) is 2. The number of hydrogen-bond acceptors (Lipinski definition) is 4. The first-order valence-corrected chi connectivity index (χ1v) is 5.72. The van der Waals surface area contributed by atoms with Crippen LogP contribution in [0.25, 0.3) is 0 Å². The number of likely N-dealkylation sites (tertiary alicyclic amines) is 1. The van der Waals surface area contributed by atoms with Crippen molar-refractivity contribution in [3.05, 3.63) is 0 Å². The Kier molecular flexibility index (Phi) is 5.17. The summed E-state index contributed by atoms with van der Waals surface area (Å²) in [6.07, 6.45) is -0.344. The van der Waals surface area contributed by atoms with E-state index >= 15 is 0 Å². The Hall–Kier alpha value is -0.850. The van der Waals surface area contributed by atoms with Crippen LogP contribution in [0.1, 0.15) is 6.92 Å². The predicted octanol–water partition coefficient (Wildman–Crippen LogP) is 0.196. The minimum atomic E-state index is -0.738. The van der Waals surface area contributed by atoms with Crippen molar-refractivity contribution in [2.75, 3.05) is 27.3 Å². The molecular weight excluding hydrogens is 248 g/mol. The molecule has 0 aromatic carbocycles. The average Bonchev–Trinajstić information content (AvgIpc) is 2.71. The number of alkyl halides is 1. The summed E-state index contributed by atoms with van der Waals surface area (Å²) < 4.78 is 10.4. The van der Waals surface area contributed by atoms with Crippen molar-refractivity contribution in [3.8, 4) is 0 Å². The zero-order chi connectivity index (χ0) is 13.0. The Morgan fingerprint density at radius 2 is 1.76 bits per heavy atom. The van der Waals surface area contributed by atoms with Crippen molar-refractivity contribution < 1.29 is 19.1 Å². The summed E-state index contributed by atoms with van der Waals surface area (Å²) in [4.78, 5) is 24.4. The van der Waals surface area contributed by atoms with Gasteiger partial charge in [0.05, 0.1) is 13.1 Å². The van der Waals surface area contributed by atoms with Crippen LogP contribution in [0, 0.1) is 0 Å². The fourth-order valence-electron chi connectivity index (χ4n) is 1.65. The van der Waals surface area contributed by atoms with Gasteiger partial charge in [0.2, 0.25) is 5.91 Å². The van der Waals surface area contributed by atoms with Crippen LogP contribution in [0.2, 0.25) is 0 Å². The molecule has 1 saturated heterocycles. The molecule has 3 amide bonds. The number of methoxy groups -OCH3 is 2. The van der Waals surface area contributed by atoms with Crippen molar-refractivity contribution in [2.24, 2.45) is 0 Å². The van der Waals surface area contributed by atoms with Crippen molar-refractivity contribution in [1.29, 1.82) is 0 Å². The number of carbonyl (C=O) groups excluding carboxylic acids is 2. The molecule has 1 aliphatic rings. The molecule has 0 aromatic rings. The Morgan fingerprint density at radius 1 is 1.29 bits per heavy atom. The van der Waals surface area contributed by atoms with Gasteiger partial charge in [-0.3, -0.25) is 10.1 Å². The topological polar surface area (TPSA) is 67.9 Å². The highest BCUT2D eigenvalue weighted by Gasteiger charge is 2.36. The minimum absolute atomic E-state index is 0.172. The third-order valence-corrected chi connectivity index (χ3v) is 2.90. The number of nitrogens with one attached hydrogen (secondary N) is 1. The van der Waals surface area contributed by atoms with Gasteiger partial charge in [0.25, 0.3) is 0 Å². The monoisotopic (exact) mass is 264 g/mol. The first kappa shape index (κ1) is 14.2. The Labute approximate surface area is 105 Å². The highest BCUT2D eigenvalue weighted by molar-refractivity contribution is 6.31. The van der Waals surface area contributed by atoms with E-state index in [1.807, 2.05) is 0 Å². The van der Waals surface area contributed by atoms with E-state index in [0.29, 0.717) is 13.1 Å². The molecule has 6 nitrogen and oxygen atoms in total. The van der Waals surface area contributed by atoms with Gasteiger partial charge < -0.3 is 14.4 Å². The third kappa shape index (κ3) is 3.55. The maximum Gasteiger partial charge on any atom is 0.324 e. The lowest BCUT2D eigenvalue weighted by atomic mass is 10.3. The van der Waals surface area contributed by atoms with E-state index in [-0.39, 0.29) is 12.2 Å². The molecule has 0 bridgehead atoms. The summed E-state index contributed by atoms with van der Waals surface area (Å²) in [5.41, 5.74) is 0. The molecule has 1 N–H and O–H groups in total. The van der Waals surface area contributed by atoms with Crippen molar-refractivity contribution in [1.82, 2.24) is 10.2 Å². The Morgan fingerprint density at radius 3 is 2.12 bits per heavy atom. The molecule has 3 atom stereocenters. The number of nitrogens with zero attached hydrogens (tertiary/aromatic N) is 1. The number of hydrogen-bond donors (Lipinski definition) is 1. The van der Waals surface area contributed by atoms with Gasteiger partial charge in [-0.2, -0.15) is 0 Å². The second-order valence-corrected chi connectivity index (χ2v) is 4.52. The minimum Gasteiger partial charge on any atom is -0.377 e. The predicted molar refractivity (Wildman–Crippen MR) is 62.0 cm³/mol. The first-order valence-electron chi connectivity index (χ1n) is 5.29. The molecule has 3 unspecified atom stereocenters. The van der Waals surface area contributed by atoms with Gasteiger partial charge in [-0.05, 0) is 6.92 Å². The standard InChI is InChI=1S/C10H17ClN2O4/c1-6(11)9(14)12-10(15)13-4-7(16-2)8(5-13)17-3/h6-8H,4-5H2,1-3H3,(H,12,14,15). The zero-order valence-electron chi connectivity index (χ0n) is 10.1. The fourth-order valence-corrected chi connectivity index (χ4v) is 1.70. The second kappa shape index (κ2) is 6.18. The number of imide groups is 1. The van der Waals surface area contributed by atoms with E-state index in [0.717, 1.165) is 0 Å². The van der Waals surface area contributed by atoms with Gasteiger partial charge in [0, 0.05) is 14.2 Å². The molecule has 7 heteroatoms.